The van der Waals surface area contributed by atoms with E-state index in [2.05, 4.69) is 43.0 Å². The Balaban J connectivity index is 0.000000739. The van der Waals surface area contributed by atoms with Gasteiger partial charge in [0.05, 0.1) is 5.03 Å². The summed E-state index contributed by atoms with van der Waals surface area (Å²) in [5, 5.41) is 0.743. The fourth-order valence-corrected chi connectivity index (χ4v) is 3.65. The van der Waals surface area contributed by atoms with Gasteiger partial charge in [-0.05, 0) is 41.9 Å². The van der Waals surface area contributed by atoms with Gasteiger partial charge in [-0.1, -0.05) is 98.2 Å². The van der Waals surface area contributed by atoms with Crippen molar-refractivity contribution in [3.05, 3.63) is 102 Å². The number of hydrogen-bond donors (Lipinski definition) is 2. The molecule has 0 fully saturated rings. The van der Waals surface area contributed by atoms with Gasteiger partial charge < -0.3 is 9.64 Å². The normalized spacial score (nSPS) is 11.9. The molecule has 3 rings (SSSR count). The molecule has 0 unspecified atom stereocenters. The lowest BCUT2D eigenvalue weighted by Gasteiger charge is -2.18. The molecule has 0 bridgehead atoms. The van der Waals surface area contributed by atoms with E-state index in [-0.39, 0.29) is 0 Å². The summed E-state index contributed by atoms with van der Waals surface area (Å²) >= 11 is 6.87. The molecule has 0 amide bonds. The van der Waals surface area contributed by atoms with E-state index in [1.807, 2.05) is 60.7 Å². The van der Waals surface area contributed by atoms with E-state index in [4.69, 9.17) is 33.9 Å². The Morgan fingerprint density at radius 2 is 1.24 bits per heavy atom. The van der Waals surface area contributed by atoms with E-state index in [9.17, 15) is 0 Å². The van der Waals surface area contributed by atoms with Crippen LogP contribution in [0.5, 0.6) is 5.75 Å². The predicted molar refractivity (Wildman–Crippen MR) is 139 cm³/mol. The summed E-state index contributed by atoms with van der Waals surface area (Å²) in [7, 11) is -4.67. The molecule has 34 heavy (non-hydrogen) atoms. The second-order valence-corrected chi connectivity index (χ2v) is 8.54. The van der Waals surface area contributed by atoms with Crippen LogP contribution in [0.3, 0.4) is 0 Å². The second kappa shape index (κ2) is 13.9. The van der Waals surface area contributed by atoms with Crippen LogP contribution in [0.4, 0.5) is 0 Å². The minimum absolute atomic E-state index is 0.688. The minimum Gasteiger partial charge on any atom is -0.492 e. The lowest BCUT2D eigenvalue weighted by atomic mass is 9.95. The summed E-state index contributed by atoms with van der Waals surface area (Å²) in [4.78, 5) is 2.35. The molecule has 2 N–H and O–H groups in total. The van der Waals surface area contributed by atoms with Crippen molar-refractivity contribution < 1.29 is 22.3 Å². The predicted octanol–water partition coefficient (Wildman–Crippen LogP) is 5.91. The molecule has 0 spiro atoms. The third-order valence-electron chi connectivity index (χ3n) is 5.02. The zero-order valence-corrected chi connectivity index (χ0v) is 20.8. The van der Waals surface area contributed by atoms with Gasteiger partial charge in [0.2, 0.25) is 0 Å². The van der Waals surface area contributed by atoms with Gasteiger partial charge in [-0.2, -0.15) is 8.42 Å². The van der Waals surface area contributed by atoms with Crippen molar-refractivity contribution in [1.29, 1.82) is 0 Å². The first kappa shape index (κ1) is 27.6. The number of nitrogens with zero attached hydrogens (tertiary/aromatic N) is 1. The van der Waals surface area contributed by atoms with Crippen molar-refractivity contribution in [2.45, 2.75) is 13.8 Å². The van der Waals surface area contributed by atoms with Crippen LogP contribution < -0.4 is 4.74 Å². The molecule has 3 aromatic carbocycles. The number of hydrogen-bond acceptors (Lipinski definition) is 4. The van der Waals surface area contributed by atoms with Crippen LogP contribution in [0.2, 0.25) is 0 Å². The van der Waals surface area contributed by atoms with Crippen molar-refractivity contribution in [3.8, 4) is 5.75 Å². The maximum Gasteiger partial charge on any atom is 0.394 e. The van der Waals surface area contributed by atoms with Crippen molar-refractivity contribution in [2.75, 3.05) is 26.2 Å². The minimum atomic E-state index is -4.67. The molecule has 0 aliphatic heterocycles. The molecule has 0 heterocycles. The smallest absolute Gasteiger partial charge is 0.394 e. The largest absolute Gasteiger partial charge is 0.492 e. The molecule has 3 aromatic rings. The van der Waals surface area contributed by atoms with Crippen LogP contribution in [0.25, 0.3) is 10.6 Å². The molecule has 0 saturated heterocycles. The molecule has 0 aliphatic rings. The first-order valence-corrected chi connectivity index (χ1v) is 12.7. The Labute approximate surface area is 207 Å². The van der Waals surface area contributed by atoms with Gasteiger partial charge in [-0.25, -0.2) is 0 Å². The lowest BCUT2D eigenvalue weighted by Crippen LogP contribution is -2.27. The summed E-state index contributed by atoms with van der Waals surface area (Å²) in [6.45, 7) is 8.05. The van der Waals surface area contributed by atoms with Crippen LogP contribution in [-0.2, 0) is 10.4 Å². The van der Waals surface area contributed by atoms with Gasteiger partial charge in [0.1, 0.15) is 12.4 Å². The Hall–Kier alpha value is -2.68. The molecule has 8 heteroatoms. The van der Waals surface area contributed by atoms with Gasteiger partial charge in [0.25, 0.3) is 0 Å². The first-order chi connectivity index (χ1) is 16.2. The summed E-state index contributed by atoms with van der Waals surface area (Å²) < 4.78 is 37.5. The van der Waals surface area contributed by atoms with Gasteiger partial charge >= 0.3 is 10.4 Å². The zero-order valence-electron chi connectivity index (χ0n) is 19.3. The van der Waals surface area contributed by atoms with Crippen molar-refractivity contribution in [3.63, 3.8) is 0 Å². The van der Waals surface area contributed by atoms with Crippen LogP contribution in [0.15, 0.2) is 84.9 Å². The summed E-state index contributed by atoms with van der Waals surface area (Å²) in [6.07, 6.45) is 0. The van der Waals surface area contributed by atoms with E-state index in [0.29, 0.717) is 6.61 Å². The SMILES string of the molecule is CCN(CC)CCOc1ccc(C(=C(Cl)c2ccccc2)c2ccccc2)cc1.O=S(=O)(O)O. The monoisotopic (exact) mass is 503 g/mol. The molecule has 0 aliphatic carbocycles. The molecular formula is C26H30ClNO5S. The summed E-state index contributed by atoms with van der Waals surface area (Å²) in [5.74, 6) is 0.879. The quantitative estimate of drug-likeness (QED) is 0.279. The highest BCUT2D eigenvalue weighted by Crippen LogP contribution is 2.35. The Morgan fingerprint density at radius 1 is 0.794 bits per heavy atom. The van der Waals surface area contributed by atoms with Gasteiger partial charge in [0, 0.05) is 12.1 Å². The average Bonchev–Trinajstić information content (AvgIpc) is 2.83. The maximum absolute atomic E-state index is 8.74. The van der Waals surface area contributed by atoms with Gasteiger partial charge in [0.15, 0.2) is 0 Å². The van der Waals surface area contributed by atoms with Crippen LogP contribution in [0, 0.1) is 0 Å². The lowest BCUT2D eigenvalue weighted by molar-refractivity contribution is 0.223. The van der Waals surface area contributed by atoms with E-state index >= 15 is 0 Å². The van der Waals surface area contributed by atoms with Crippen LogP contribution in [-0.4, -0.2) is 48.7 Å². The fraction of sp³-hybridized carbons (Fsp3) is 0.231. The van der Waals surface area contributed by atoms with Gasteiger partial charge in [-0.15, -0.1) is 0 Å². The number of rotatable bonds is 9. The van der Waals surface area contributed by atoms with Crippen LogP contribution >= 0.6 is 11.6 Å². The van der Waals surface area contributed by atoms with Crippen molar-refractivity contribution in [1.82, 2.24) is 4.90 Å². The standard InChI is InChI=1S/C26H28ClNO.H2O4S/c1-3-28(4-2)19-20-29-24-17-15-22(16-18-24)25(21-11-7-5-8-12-21)26(27)23-13-9-6-10-14-23;1-5(2,3)4/h5-18H,3-4,19-20H2,1-2H3;(H2,1,2,3,4). The first-order valence-electron chi connectivity index (χ1n) is 10.9. The zero-order chi connectivity index (χ0) is 25.0. The second-order valence-electron chi connectivity index (χ2n) is 7.27. The third kappa shape index (κ3) is 9.67. The van der Waals surface area contributed by atoms with Gasteiger partial charge in [-0.3, -0.25) is 9.11 Å². The molecule has 0 radical (unpaired) electrons. The number of likely N-dealkylation sites (N-methyl/N-ethyl adjacent to an activating group) is 1. The topological polar surface area (TPSA) is 87.1 Å². The van der Waals surface area contributed by atoms with E-state index in [0.717, 1.165) is 52.7 Å². The Morgan fingerprint density at radius 3 is 1.71 bits per heavy atom. The maximum atomic E-state index is 8.74. The highest BCUT2D eigenvalue weighted by atomic mass is 35.5. The van der Waals surface area contributed by atoms with Crippen molar-refractivity contribution in [2.24, 2.45) is 0 Å². The molecule has 0 aromatic heterocycles. The molecule has 0 saturated carbocycles. The van der Waals surface area contributed by atoms with Crippen LogP contribution in [0.1, 0.15) is 30.5 Å². The number of ether oxygens (including phenoxy) is 1. The molecule has 6 nitrogen and oxygen atoms in total. The number of halogens is 1. The fourth-order valence-electron chi connectivity index (χ4n) is 3.30. The highest BCUT2D eigenvalue weighted by molar-refractivity contribution is 7.79. The molecule has 182 valence electrons. The average molecular weight is 504 g/mol. The summed E-state index contributed by atoms with van der Waals surface area (Å²) in [6, 6.07) is 28.6. The highest BCUT2D eigenvalue weighted by Gasteiger charge is 2.12. The summed E-state index contributed by atoms with van der Waals surface area (Å²) in [5.41, 5.74) is 4.19. The molecule has 0 atom stereocenters. The molecular weight excluding hydrogens is 474 g/mol. The Kier molecular flexibility index (Phi) is 11.3. The third-order valence-corrected chi connectivity index (χ3v) is 5.43. The van der Waals surface area contributed by atoms with E-state index < -0.39 is 10.4 Å². The Bertz CT molecular complexity index is 1120. The van der Waals surface area contributed by atoms with E-state index in [1.54, 1.807) is 0 Å². The van der Waals surface area contributed by atoms with Crippen molar-refractivity contribution >= 4 is 32.6 Å². The van der Waals surface area contributed by atoms with E-state index in [1.165, 1.54) is 0 Å². The number of benzene rings is 3.